The van der Waals surface area contributed by atoms with Crippen LogP contribution in [0.15, 0.2) is 21.6 Å². The van der Waals surface area contributed by atoms with E-state index in [2.05, 4.69) is 13.9 Å². The van der Waals surface area contributed by atoms with E-state index < -0.39 is 32.8 Å². The maximum absolute atomic E-state index is 11.7. The molecule has 1 aromatic rings. The molecule has 0 aliphatic rings. The summed E-state index contributed by atoms with van der Waals surface area (Å²) in [5.41, 5.74) is 0. The maximum atomic E-state index is 11.7. The first-order valence-electron chi connectivity index (χ1n) is 5.85. The minimum absolute atomic E-state index is 0.0181. The average Bonchev–Trinajstić information content (AvgIpc) is 2.85. The van der Waals surface area contributed by atoms with E-state index >= 15 is 0 Å². The minimum atomic E-state index is -3.92. The molecule has 0 aliphatic heterocycles. The van der Waals surface area contributed by atoms with Gasteiger partial charge in [0.2, 0.25) is 10.9 Å². The maximum Gasteiger partial charge on any atom is 0.371 e. The average molecular weight is 305 g/mol. The largest absolute Gasteiger partial charge is 0.475 e. The number of carbonyl (C=O) groups excluding carboxylic acids is 1. The van der Waals surface area contributed by atoms with Gasteiger partial charge in [0.15, 0.2) is 0 Å². The fraction of sp³-hybridized carbons (Fsp3) is 0.455. The van der Waals surface area contributed by atoms with Crippen LogP contribution in [0, 0.1) is 0 Å². The van der Waals surface area contributed by atoms with E-state index in [1.165, 1.54) is 0 Å². The summed E-state index contributed by atoms with van der Waals surface area (Å²) in [5, 5.41) is 8.15. The molecule has 1 aromatic heterocycles. The Labute approximate surface area is 115 Å². The number of carbonyl (C=O) groups is 2. The van der Waals surface area contributed by atoms with Gasteiger partial charge in [-0.2, -0.15) is 0 Å². The highest BCUT2D eigenvalue weighted by Gasteiger charge is 2.20. The van der Waals surface area contributed by atoms with Crippen LogP contribution in [0.2, 0.25) is 0 Å². The van der Waals surface area contributed by atoms with Gasteiger partial charge in [0.1, 0.15) is 0 Å². The molecule has 0 spiro atoms. The van der Waals surface area contributed by atoms with Crippen LogP contribution in [-0.2, 0) is 19.6 Å². The standard InChI is InChI=1S/C11H15NO7S/c1-2-18-9(13)4-3-7-12-20(16,17)10-6-5-8(19-10)11(14)15/h5-6,12H,2-4,7H2,1H3,(H,14,15). The highest BCUT2D eigenvalue weighted by Crippen LogP contribution is 2.13. The zero-order valence-corrected chi connectivity index (χ0v) is 11.6. The van der Waals surface area contributed by atoms with Crippen LogP contribution in [0.1, 0.15) is 30.3 Å². The van der Waals surface area contributed by atoms with Gasteiger partial charge in [-0.15, -0.1) is 0 Å². The van der Waals surface area contributed by atoms with Crippen LogP contribution in [0.3, 0.4) is 0 Å². The Morgan fingerprint density at radius 2 is 2.10 bits per heavy atom. The fourth-order valence-corrected chi connectivity index (χ4v) is 2.33. The molecule has 0 fully saturated rings. The van der Waals surface area contributed by atoms with Crippen molar-refractivity contribution in [3.63, 3.8) is 0 Å². The number of hydrogen-bond donors (Lipinski definition) is 2. The lowest BCUT2D eigenvalue weighted by Gasteiger charge is -2.04. The van der Waals surface area contributed by atoms with Crippen molar-refractivity contribution in [3.05, 3.63) is 17.9 Å². The van der Waals surface area contributed by atoms with E-state index in [0.717, 1.165) is 12.1 Å². The summed E-state index contributed by atoms with van der Waals surface area (Å²) in [5.74, 6) is -2.22. The lowest BCUT2D eigenvalue weighted by molar-refractivity contribution is -0.143. The minimum Gasteiger partial charge on any atom is -0.475 e. The van der Waals surface area contributed by atoms with Gasteiger partial charge < -0.3 is 14.3 Å². The highest BCUT2D eigenvalue weighted by atomic mass is 32.2. The Morgan fingerprint density at radius 1 is 1.40 bits per heavy atom. The molecule has 0 atom stereocenters. The predicted octanol–water partition coefficient (Wildman–Crippen LogP) is 0.599. The smallest absolute Gasteiger partial charge is 0.371 e. The summed E-state index contributed by atoms with van der Waals surface area (Å²) in [6, 6.07) is 2.10. The van der Waals surface area contributed by atoms with Crippen LogP contribution in [0.4, 0.5) is 0 Å². The Bertz CT molecular complexity index is 575. The van der Waals surface area contributed by atoms with Crippen molar-refractivity contribution in [2.45, 2.75) is 24.9 Å². The van der Waals surface area contributed by atoms with Gasteiger partial charge in [-0.05, 0) is 25.5 Å². The number of aromatic carboxylic acids is 1. The van der Waals surface area contributed by atoms with Crippen molar-refractivity contribution >= 4 is 22.0 Å². The van der Waals surface area contributed by atoms with Crippen LogP contribution in [-0.4, -0.2) is 38.6 Å². The van der Waals surface area contributed by atoms with E-state index in [9.17, 15) is 18.0 Å². The fourth-order valence-electron chi connectivity index (χ4n) is 1.32. The van der Waals surface area contributed by atoms with Crippen molar-refractivity contribution in [2.24, 2.45) is 0 Å². The molecule has 20 heavy (non-hydrogen) atoms. The van der Waals surface area contributed by atoms with Crippen molar-refractivity contribution < 1.29 is 32.3 Å². The highest BCUT2D eigenvalue weighted by molar-refractivity contribution is 7.89. The van der Waals surface area contributed by atoms with Gasteiger partial charge in [-0.25, -0.2) is 17.9 Å². The van der Waals surface area contributed by atoms with Gasteiger partial charge in [0, 0.05) is 13.0 Å². The second-order valence-electron chi connectivity index (χ2n) is 3.73. The second kappa shape index (κ2) is 7.06. The summed E-state index contributed by atoms with van der Waals surface area (Å²) >= 11 is 0. The number of hydrogen-bond acceptors (Lipinski definition) is 6. The predicted molar refractivity (Wildman–Crippen MR) is 66.7 cm³/mol. The third-order valence-electron chi connectivity index (χ3n) is 2.21. The van der Waals surface area contributed by atoms with E-state index in [4.69, 9.17) is 5.11 Å². The third kappa shape index (κ3) is 4.67. The molecule has 0 aliphatic carbocycles. The monoisotopic (exact) mass is 305 g/mol. The van der Waals surface area contributed by atoms with Gasteiger partial charge in [0.25, 0.3) is 10.0 Å². The number of rotatable bonds is 8. The zero-order valence-electron chi connectivity index (χ0n) is 10.8. The van der Waals surface area contributed by atoms with Gasteiger partial charge in [0.05, 0.1) is 6.61 Å². The van der Waals surface area contributed by atoms with Crippen LogP contribution < -0.4 is 4.72 Å². The summed E-state index contributed by atoms with van der Waals surface area (Å²) in [7, 11) is -3.92. The van der Waals surface area contributed by atoms with Crippen LogP contribution in [0.5, 0.6) is 0 Å². The molecule has 0 aromatic carbocycles. The molecule has 0 unspecified atom stereocenters. The van der Waals surface area contributed by atoms with Gasteiger partial charge in [-0.3, -0.25) is 4.79 Å². The first kappa shape index (κ1) is 16.2. The number of carboxylic acid groups (broad SMARTS) is 1. The number of ether oxygens (including phenoxy) is 1. The normalized spacial score (nSPS) is 11.2. The number of sulfonamides is 1. The lowest BCUT2D eigenvalue weighted by atomic mass is 10.3. The molecule has 8 nitrogen and oxygen atoms in total. The Morgan fingerprint density at radius 3 is 2.65 bits per heavy atom. The quantitative estimate of drug-likeness (QED) is 0.532. The van der Waals surface area contributed by atoms with Crippen LogP contribution in [0.25, 0.3) is 0 Å². The van der Waals surface area contributed by atoms with E-state index in [1.807, 2.05) is 0 Å². The molecule has 0 saturated heterocycles. The van der Waals surface area contributed by atoms with E-state index in [1.54, 1.807) is 6.92 Å². The summed E-state index contributed by atoms with van der Waals surface area (Å²) in [6.07, 6.45) is 0.361. The molecule has 1 rings (SSSR count). The van der Waals surface area contributed by atoms with Gasteiger partial charge >= 0.3 is 11.9 Å². The summed E-state index contributed by atoms with van der Waals surface area (Å²) < 4.78 is 35.0. The molecule has 0 radical (unpaired) electrons. The van der Waals surface area contributed by atoms with Crippen molar-refractivity contribution in [3.8, 4) is 0 Å². The molecule has 112 valence electrons. The third-order valence-corrected chi connectivity index (χ3v) is 3.55. The first-order valence-corrected chi connectivity index (χ1v) is 7.33. The number of furan rings is 1. The van der Waals surface area contributed by atoms with Gasteiger partial charge in [-0.1, -0.05) is 0 Å². The first-order chi connectivity index (χ1) is 9.36. The topological polar surface area (TPSA) is 123 Å². The van der Waals surface area contributed by atoms with E-state index in [0.29, 0.717) is 0 Å². The lowest BCUT2D eigenvalue weighted by Crippen LogP contribution is -2.25. The number of carboxylic acids is 1. The second-order valence-corrected chi connectivity index (χ2v) is 5.43. The summed E-state index contributed by atoms with van der Waals surface area (Å²) in [4.78, 5) is 21.6. The number of nitrogens with one attached hydrogen (secondary N) is 1. The van der Waals surface area contributed by atoms with Crippen molar-refractivity contribution in [1.29, 1.82) is 0 Å². The Balaban J connectivity index is 2.49. The van der Waals surface area contributed by atoms with Crippen molar-refractivity contribution in [2.75, 3.05) is 13.2 Å². The SMILES string of the molecule is CCOC(=O)CCCNS(=O)(=O)c1ccc(C(=O)O)o1. The van der Waals surface area contributed by atoms with Crippen molar-refractivity contribution in [1.82, 2.24) is 4.72 Å². The molecule has 0 bridgehead atoms. The number of esters is 1. The molecule has 1 heterocycles. The Hall–Kier alpha value is -1.87. The molecular weight excluding hydrogens is 290 g/mol. The molecule has 9 heteroatoms. The summed E-state index contributed by atoms with van der Waals surface area (Å²) in [6.45, 7) is 1.97. The van der Waals surface area contributed by atoms with Crippen LogP contribution >= 0.6 is 0 Å². The van der Waals surface area contributed by atoms with E-state index in [-0.39, 0.29) is 26.0 Å². The zero-order chi connectivity index (χ0) is 15.2. The molecular formula is C11H15NO7S. The Kier molecular flexibility index (Phi) is 5.71. The molecule has 0 saturated carbocycles. The molecule has 0 amide bonds. The molecule has 2 N–H and O–H groups in total.